The molecule has 0 aliphatic rings. The maximum atomic E-state index is 5.75. The smallest absolute Gasteiger partial charge is 0.324 e. The predicted molar refractivity (Wildman–Crippen MR) is 64.0 cm³/mol. The molecule has 0 aromatic carbocycles. The number of hydrogen-bond acceptors (Lipinski definition) is 2. The molecule has 0 saturated carbocycles. The molecule has 0 aromatic rings. The zero-order valence-corrected chi connectivity index (χ0v) is 11.4. The summed E-state index contributed by atoms with van der Waals surface area (Å²) >= 11 is 0. The van der Waals surface area contributed by atoms with E-state index in [4.69, 9.17) is 8.85 Å². The van der Waals surface area contributed by atoms with Crippen molar-refractivity contribution in [1.82, 2.24) is 0 Å². The summed E-state index contributed by atoms with van der Waals surface area (Å²) in [5, 5.41) is 0. The summed E-state index contributed by atoms with van der Waals surface area (Å²) in [7, 11) is -1.38. The van der Waals surface area contributed by atoms with E-state index >= 15 is 0 Å². The second-order valence-electron chi connectivity index (χ2n) is 3.59. The molecule has 0 amide bonds. The zero-order chi connectivity index (χ0) is 10.8. The van der Waals surface area contributed by atoms with Crippen LogP contribution in [-0.2, 0) is 8.85 Å². The molecule has 0 fully saturated rings. The van der Waals surface area contributed by atoms with Gasteiger partial charge in [0.2, 0.25) is 0 Å². The van der Waals surface area contributed by atoms with Crippen LogP contribution in [-0.4, -0.2) is 22.5 Å². The maximum absolute atomic E-state index is 5.75. The van der Waals surface area contributed by atoms with Gasteiger partial charge in [0.15, 0.2) is 0 Å². The Balaban J connectivity index is 3.96. The average molecular weight is 218 g/mol. The highest BCUT2D eigenvalue weighted by Gasteiger charge is 2.23. The summed E-state index contributed by atoms with van der Waals surface area (Å²) in [5.74, 6) is 0. The van der Waals surface area contributed by atoms with Crippen LogP contribution in [0.15, 0.2) is 0 Å². The summed E-state index contributed by atoms with van der Waals surface area (Å²) in [6, 6.07) is 0. The van der Waals surface area contributed by atoms with Gasteiger partial charge in [-0.1, -0.05) is 33.1 Å². The predicted octanol–water partition coefficient (Wildman–Crippen LogP) is 3.25. The molecule has 0 spiro atoms. The Morgan fingerprint density at radius 1 is 1.00 bits per heavy atom. The Morgan fingerprint density at radius 3 is 1.93 bits per heavy atom. The molecule has 0 saturated heterocycles. The zero-order valence-electron chi connectivity index (χ0n) is 10.2. The fourth-order valence-corrected chi connectivity index (χ4v) is 3.84. The van der Waals surface area contributed by atoms with Gasteiger partial charge < -0.3 is 8.85 Å². The molecule has 0 aliphatic carbocycles. The number of hydrogen-bond donors (Lipinski definition) is 0. The molecule has 0 bridgehead atoms. The van der Waals surface area contributed by atoms with Crippen molar-refractivity contribution in [2.75, 3.05) is 13.2 Å². The van der Waals surface area contributed by atoms with Crippen LogP contribution in [0.4, 0.5) is 0 Å². The highest BCUT2D eigenvalue weighted by Crippen LogP contribution is 2.23. The van der Waals surface area contributed by atoms with Gasteiger partial charge in [-0.15, -0.1) is 0 Å². The normalized spacial score (nSPS) is 13.5. The molecule has 86 valence electrons. The van der Waals surface area contributed by atoms with Crippen molar-refractivity contribution < 1.29 is 8.85 Å². The van der Waals surface area contributed by atoms with Gasteiger partial charge in [-0.05, 0) is 25.8 Å². The minimum atomic E-state index is -1.38. The van der Waals surface area contributed by atoms with Crippen LogP contribution in [0.5, 0.6) is 0 Å². The maximum Gasteiger partial charge on any atom is 0.324 e. The van der Waals surface area contributed by atoms with Crippen LogP contribution in [0.25, 0.3) is 0 Å². The van der Waals surface area contributed by atoms with Crippen molar-refractivity contribution >= 4 is 9.28 Å². The quantitative estimate of drug-likeness (QED) is 0.553. The van der Waals surface area contributed by atoms with Crippen LogP contribution in [0.2, 0.25) is 5.54 Å². The third kappa shape index (κ3) is 5.78. The molecule has 14 heavy (non-hydrogen) atoms. The van der Waals surface area contributed by atoms with Crippen LogP contribution in [0.3, 0.4) is 0 Å². The van der Waals surface area contributed by atoms with E-state index in [2.05, 4.69) is 27.7 Å². The Hall–Kier alpha value is 0.137. The van der Waals surface area contributed by atoms with Crippen molar-refractivity contribution in [1.29, 1.82) is 0 Å². The second-order valence-corrected chi connectivity index (χ2v) is 5.94. The monoisotopic (exact) mass is 218 g/mol. The van der Waals surface area contributed by atoms with Crippen LogP contribution < -0.4 is 0 Å². The topological polar surface area (TPSA) is 18.5 Å². The lowest BCUT2D eigenvalue weighted by Crippen LogP contribution is -2.29. The third-order valence-corrected chi connectivity index (χ3v) is 5.40. The number of rotatable bonds is 9. The SMILES string of the molecule is CCCCC(CC)[SiH](OCC)OCC. The molecule has 0 rings (SSSR count). The van der Waals surface area contributed by atoms with Gasteiger partial charge in [0, 0.05) is 13.2 Å². The minimum absolute atomic E-state index is 0.704. The van der Waals surface area contributed by atoms with Gasteiger partial charge in [-0.25, -0.2) is 0 Å². The molecule has 1 atom stereocenters. The van der Waals surface area contributed by atoms with Crippen molar-refractivity contribution in [2.24, 2.45) is 0 Å². The van der Waals surface area contributed by atoms with Crippen molar-refractivity contribution in [3.05, 3.63) is 0 Å². The van der Waals surface area contributed by atoms with E-state index in [9.17, 15) is 0 Å². The summed E-state index contributed by atoms with van der Waals surface area (Å²) < 4.78 is 11.5. The van der Waals surface area contributed by atoms with Gasteiger partial charge in [0.25, 0.3) is 0 Å². The summed E-state index contributed by atoms with van der Waals surface area (Å²) in [5.41, 5.74) is 0.704. The molecule has 3 heteroatoms. The lowest BCUT2D eigenvalue weighted by molar-refractivity contribution is 0.200. The van der Waals surface area contributed by atoms with E-state index < -0.39 is 9.28 Å². The van der Waals surface area contributed by atoms with Crippen LogP contribution in [0.1, 0.15) is 53.4 Å². The molecule has 0 N–H and O–H groups in total. The second kappa shape index (κ2) is 9.68. The first-order valence-electron chi connectivity index (χ1n) is 6.03. The first kappa shape index (κ1) is 14.1. The van der Waals surface area contributed by atoms with Gasteiger partial charge in [-0.3, -0.25) is 0 Å². The molecular weight excluding hydrogens is 192 g/mol. The average Bonchev–Trinajstić information content (AvgIpc) is 2.19. The Labute approximate surface area is 90.8 Å². The van der Waals surface area contributed by atoms with E-state index in [1.165, 1.54) is 25.7 Å². The molecule has 0 radical (unpaired) electrons. The van der Waals surface area contributed by atoms with E-state index in [-0.39, 0.29) is 0 Å². The molecule has 2 nitrogen and oxygen atoms in total. The van der Waals surface area contributed by atoms with E-state index in [1.807, 2.05) is 0 Å². The van der Waals surface area contributed by atoms with Gasteiger partial charge in [0.05, 0.1) is 0 Å². The van der Waals surface area contributed by atoms with Crippen molar-refractivity contribution in [3.8, 4) is 0 Å². The van der Waals surface area contributed by atoms with Gasteiger partial charge >= 0.3 is 9.28 Å². The van der Waals surface area contributed by atoms with Crippen LogP contribution in [0, 0.1) is 0 Å². The largest absolute Gasteiger partial charge is 0.397 e. The molecule has 0 aromatic heterocycles. The van der Waals surface area contributed by atoms with E-state index in [1.54, 1.807) is 0 Å². The Bertz CT molecular complexity index is 114. The van der Waals surface area contributed by atoms with Gasteiger partial charge in [-0.2, -0.15) is 0 Å². The molecule has 0 heterocycles. The number of unbranched alkanes of at least 4 members (excludes halogenated alkanes) is 1. The first-order valence-corrected chi connectivity index (χ1v) is 7.64. The van der Waals surface area contributed by atoms with Crippen LogP contribution >= 0.6 is 0 Å². The molecule has 0 aliphatic heterocycles. The summed E-state index contributed by atoms with van der Waals surface area (Å²) in [4.78, 5) is 0. The Morgan fingerprint density at radius 2 is 1.57 bits per heavy atom. The highest BCUT2D eigenvalue weighted by molar-refractivity contribution is 6.46. The van der Waals surface area contributed by atoms with E-state index in [0.29, 0.717) is 5.54 Å². The fraction of sp³-hybridized carbons (Fsp3) is 1.00. The van der Waals surface area contributed by atoms with Crippen molar-refractivity contribution in [3.63, 3.8) is 0 Å². The van der Waals surface area contributed by atoms with Gasteiger partial charge in [0.1, 0.15) is 0 Å². The fourth-order valence-electron chi connectivity index (χ4n) is 1.65. The summed E-state index contributed by atoms with van der Waals surface area (Å²) in [6.07, 6.45) is 5.07. The minimum Gasteiger partial charge on any atom is -0.397 e. The first-order chi connectivity index (χ1) is 6.79. The molecular formula is C11H26O2Si. The lowest BCUT2D eigenvalue weighted by Gasteiger charge is -2.23. The highest BCUT2D eigenvalue weighted by atomic mass is 28.3. The summed E-state index contributed by atoms with van der Waals surface area (Å²) in [6.45, 7) is 10.2. The standard InChI is InChI=1S/C11H26O2Si/c1-5-9-10-11(6-2)14(12-7-3)13-8-4/h11,14H,5-10H2,1-4H3. The third-order valence-electron chi connectivity index (χ3n) is 2.50. The lowest BCUT2D eigenvalue weighted by atomic mass is 10.2. The molecule has 1 unspecified atom stereocenters. The van der Waals surface area contributed by atoms with Crippen molar-refractivity contribution in [2.45, 2.75) is 58.9 Å². The Kier molecular flexibility index (Phi) is 9.78. The van der Waals surface area contributed by atoms with E-state index in [0.717, 1.165) is 13.2 Å².